The molecule has 1 atom stereocenters. The van der Waals surface area contributed by atoms with Gasteiger partial charge in [0.25, 0.3) is 0 Å². The van der Waals surface area contributed by atoms with E-state index in [1.807, 2.05) is 0 Å². The van der Waals surface area contributed by atoms with Crippen molar-refractivity contribution in [3.63, 3.8) is 0 Å². The fourth-order valence-corrected chi connectivity index (χ4v) is 0.721. The van der Waals surface area contributed by atoms with Gasteiger partial charge in [-0.3, -0.25) is 9.59 Å². The Morgan fingerprint density at radius 1 is 1.45 bits per heavy atom. The van der Waals surface area contributed by atoms with Crippen LogP contribution in [-0.4, -0.2) is 17.7 Å². The molecule has 4 nitrogen and oxygen atoms in total. The lowest BCUT2D eigenvalue weighted by Gasteiger charge is -2.06. The molecule has 0 saturated carbocycles. The summed E-state index contributed by atoms with van der Waals surface area (Å²) >= 11 is 0. The zero-order valence-corrected chi connectivity index (χ0v) is 6.67. The Morgan fingerprint density at radius 2 is 2.00 bits per heavy atom. The highest BCUT2D eigenvalue weighted by Gasteiger charge is 2.11. The van der Waals surface area contributed by atoms with Crippen LogP contribution in [0.1, 0.15) is 26.2 Å². The molecule has 0 heterocycles. The van der Waals surface area contributed by atoms with Crippen molar-refractivity contribution in [1.29, 1.82) is 0 Å². The Morgan fingerprint density at radius 3 is 2.36 bits per heavy atom. The molecule has 64 valence electrons. The van der Waals surface area contributed by atoms with Gasteiger partial charge in [0.15, 0.2) is 0 Å². The number of rotatable bonds is 5. The Hall–Kier alpha value is -0.900. The molecule has 0 aromatic rings. The quantitative estimate of drug-likeness (QED) is 0.568. The van der Waals surface area contributed by atoms with Gasteiger partial charge in [0.05, 0.1) is 6.04 Å². The molecule has 0 unspecified atom stereocenters. The van der Waals surface area contributed by atoms with Gasteiger partial charge in [-0.2, -0.15) is 0 Å². The van der Waals surface area contributed by atoms with Crippen LogP contribution in [0.25, 0.3) is 0 Å². The van der Waals surface area contributed by atoms with Gasteiger partial charge in [0.2, 0.25) is 5.91 Å². The number of primary amides is 1. The molecule has 4 N–H and O–H groups in total. The van der Waals surface area contributed by atoms with Gasteiger partial charge in [0, 0.05) is 12.8 Å². The van der Waals surface area contributed by atoms with Crippen LogP contribution < -0.4 is 11.5 Å². The normalized spacial score (nSPS) is 12.5. The summed E-state index contributed by atoms with van der Waals surface area (Å²) in [6.07, 6.45) is 0.967. The number of nitrogens with two attached hydrogens (primary N) is 2. The number of amides is 1. The minimum Gasteiger partial charge on any atom is -0.370 e. The summed E-state index contributed by atoms with van der Waals surface area (Å²) < 4.78 is 0. The second-order valence-electron chi connectivity index (χ2n) is 2.43. The molecule has 0 fully saturated rings. The second kappa shape index (κ2) is 4.85. The first-order valence-corrected chi connectivity index (χ1v) is 3.64. The summed E-state index contributed by atoms with van der Waals surface area (Å²) in [6, 6.07) is -0.521. The zero-order valence-electron chi connectivity index (χ0n) is 6.67. The average Bonchev–Trinajstić information content (AvgIpc) is 1.98. The standard InChI is InChI=1S/C7H14N2O2/c1-2-6(10)5(8)3-4-7(9)11/h5H,2-4,8H2,1H3,(H2,9,11)/t5-/m1/s1. The van der Waals surface area contributed by atoms with Gasteiger partial charge in [-0.15, -0.1) is 0 Å². The van der Waals surface area contributed by atoms with Crippen molar-refractivity contribution in [2.24, 2.45) is 11.5 Å². The van der Waals surface area contributed by atoms with Gasteiger partial charge in [-0.1, -0.05) is 6.92 Å². The number of hydrogen-bond acceptors (Lipinski definition) is 3. The molecule has 11 heavy (non-hydrogen) atoms. The summed E-state index contributed by atoms with van der Waals surface area (Å²) in [7, 11) is 0. The van der Waals surface area contributed by atoms with E-state index in [2.05, 4.69) is 0 Å². The van der Waals surface area contributed by atoms with Crippen LogP contribution in [0.4, 0.5) is 0 Å². The lowest BCUT2D eigenvalue weighted by atomic mass is 10.1. The van der Waals surface area contributed by atoms with E-state index in [0.717, 1.165) is 0 Å². The Kier molecular flexibility index (Phi) is 4.45. The van der Waals surface area contributed by atoms with Crippen molar-refractivity contribution in [2.75, 3.05) is 0 Å². The minimum atomic E-state index is -0.521. The third-order valence-corrected chi connectivity index (χ3v) is 1.46. The largest absolute Gasteiger partial charge is 0.370 e. The molecule has 0 aromatic carbocycles. The highest BCUT2D eigenvalue weighted by atomic mass is 16.1. The van der Waals surface area contributed by atoms with Crippen LogP contribution in [0.5, 0.6) is 0 Å². The molecule has 0 spiro atoms. The van der Waals surface area contributed by atoms with Crippen molar-refractivity contribution in [3.8, 4) is 0 Å². The van der Waals surface area contributed by atoms with Crippen molar-refractivity contribution in [1.82, 2.24) is 0 Å². The van der Waals surface area contributed by atoms with Crippen LogP contribution in [0.3, 0.4) is 0 Å². The number of carbonyl (C=O) groups is 2. The predicted octanol–water partition coefficient (Wildman–Crippen LogP) is -0.442. The summed E-state index contributed by atoms with van der Waals surface area (Å²) in [6.45, 7) is 1.74. The van der Waals surface area contributed by atoms with E-state index in [4.69, 9.17) is 11.5 Å². The van der Waals surface area contributed by atoms with Crippen molar-refractivity contribution in [3.05, 3.63) is 0 Å². The number of carbonyl (C=O) groups excluding carboxylic acids is 2. The Bertz CT molecular complexity index is 157. The van der Waals surface area contributed by atoms with Crippen LogP contribution in [0, 0.1) is 0 Å². The van der Waals surface area contributed by atoms with E-state index in [1.165, 1.54) is 0 Å². The van der Waals surface area contributed by atoms with E-state index in [9.17, 15) is 9.59 Å². The first-order valence-electron chi connectivity index (χ1n) is 3.64. The Labute approximate surface area is 65.9 Å². The van der Waals surface area contributed by atoms with Crippen LogP contribution in [0.2, 0.25) is 0 Å². The molecule has 4 heteroatoms. The van der Waals surface area contributed by atoms with E-state index >= 15 is 0 Å². The molecule has 0 aliphatic carbocycles. The lowest BCUT2D eigenvalue weighted by molar-refractivity contribution is -0.120. The topological polar surface area (TPSA) is 86.2 Å². The number of Topliss-reactive ketones (excluding diaryl/α,β-unsaturated/α-hetero) is 1. The van der Waals surface area contributed by atoms with Gasteiger partial charge in [0.1, 0.15) is 5.78 Å². The SMILES string of the molecule is CCC(=O)[C@H](N)CCC(N)=O. The maximum absolute atomic E-state index is 10.8. The van der Waals surface area contributed by atoms with Crippen LogP contribution in [-0.2, 0) is 9.59 Å². The van der Waals surface area contributed by atoms with Gasteiger partial charge >= 0.3 is 0 Å². The van der Waals surface area contributed by atoms with E-state index < -0.39 is 11.9 Å². The zero-order chi connectivity index (χ0) is 8.85. The third-order valence-electron chi connectivity index (χ3n) is 1.46. The average molecular weight is 158 g/mol. The lowest BCUT2D eigenvalue weighted by Crippen LogP contribution is -2.31. The highest BCUT2D eigenvalue weighted by molar-refractivity contribution is 5.84. The maximum atomic E-state index is 10.8. The number of hydrogen-bond donors (Lipinski definition) is 2. The predicted molar refractivity (Wildman–Crippen MR) is 41.7 cm³/mol. The Balaban J connectivity index is 3.60. The molecule has 0 rings (SSSR count). The molecular weight excluding hydrogens is 144 g/mol. The first-order chi connectivity index (χ1) is 5.07. The molecule has 0 aliphatic rings. The van der Waals surface area contributed by atoms with Crippen molar-refractivity contribution in [2.45, 2.75) is 32.2 Å². The van der Waals surface area contributed by atoms with Gasteiger partial charge in [-0.05, 0) is 6.42 Å². The maximum Gasteiger partial charge on any atom is 0.217 e. The van der Waals surface area contributed by atoms with Crippen LogP contribution in [0.15, 0.2) is 0 Å². The summed E-state index contributed by atoms with van der Waals surface area (Å²) in [5.41, 5.74) is 10.3. The fourth-order valence-electron chi connectivity index (χ4n) is 0.721. The minimum absolute atomic E-state index is 0.0220. The fraction of sp³-hybridized carbons (Fsp3) is 0.714. The summed E-state index contributed by atoms with van der Waals surface area (Å²) in [4.78, 5) is 21.1. The summed E-state index contributed by atoms with van der Waals surface area (Å²) in [5, 5.41) is 0. The highest BCUT2D eigenvalue weighted by Crippen LogP contribution is 1.97. The molecule has 0 saturated heterocycles. The molecule has 0 aliphatic heterocycles. The smallest absolute Gasteiger partial charge is 0.217 e. The molecule has 0 aromatic heterocycles. The van der Waals surface area contributed by atoms with Crippen LogP contribution >= 0.6 is 0 Å². The van der Waals surface area contributed by atoms with Gasteiger partial charge < -0.3 is 11.5 Å². The number of ketones is 1. The van der Waals surface area contributed by atoms with Gasteiger partial charge in [-0.25, -0.2) is 0 Å². The monoisotopic (exact) mass is 158 g/mol. The van der Waals surface area contributed by atoms with E-state index in [-0.39, 0.29) is 12.2 Å². The molecule has 1 amide bonds. The summed E-state index contributed by atoms with van der Waals surface area (Å²) in [5.74, 6) is -0.435. The first kappa shape index (κ1) is 10.1. The van der Waals surface area contributed by atoms with E-state index in [0.29, 0.717) is 12.8 Å². The van der Waals surface area contributed by atoms with E-state index in [1.54, 1.807) is 6.92 Å². The second-order valence-corrected chi connectivity index (χ2v) is 2.43. The molecular formula is C7H14N2O2. The third kappa shape index (κ3) is 4.50. The molecule has 0 radical (unpaired) electrons. The van der Waals surface area contributed by atoms with Crippen molar-refractivity contribution < 1.29 is 9.59 Å². The molecule has 0 bridgehead atoms. The van der Waals surface area contributed by atoms with Crippen molar-refractivity contribution >= 4 is 11.7 Å².